The Morgan fingerprint density at radius 1 is 0.667 bits per heavy atom. The van der Waals surface area contributed by atoms with E-state index in [9.17, 15) is 4.79 Å². The molecule has 0 saturated heterocycles. The van der Waals surface area contributed by atoms with E-state index in [1.54, 1.807) is 0 Å². The van der Waals surface area contributed by atoms with Crippen LogP contribution in [0.3, 0.4) is 0 Å². The standard InChI is InChI=1S/C39H35NO2/c1-4-39(41)42-27-26-31-14-18-34(19-15-31)38(33-8-6-5-7-9-33)28-32-16-24-37(25-17-32)40(35-20-10-29(2)11-21-35)36-22-12-30(3)13-23-36/h4-25,28H,1,26-27H2,2-3H3. The number of benzene rings is 5. The summed E-state index contributed by atoms with van der Waals surface area (Å²) >= 11 is 0. The summed E-state index contributed by atoms with van der Waals surface area (Å²) in [7, 11) is 0. The maximum Gasteiger partial charge on any atom is 0.330 e. The maximum absolute atomic E-state index is 11.4. The number of carbonyl (C=O) groups is 1. The summed E-state index contributed by atoms with van der Waals surface area (Å²) in [5, 5.41) is 0. The summed E-state index contributed by atoms with van der Waals surface area (Å²) < 4.78 is 5.14. The van der Waals surface area contributed by atoms with Gasteiger partial charge >= 0.3 is 5.97 Å². The van der Waals surface area contributed by atoms with Crippen LogP contribution >= 0.6 is 0 Å². The zero-order chi connectivity index (χ0) is 29.3. The molecule has 0 N–H and O–H groups in total. The van der Waals surface area contributed by atoms with Gasteiger partial charge in [0.25, 0.3) is 0 Å². The van der Waals surface area contributed by atoms with Crippen molar-refractivity contribution >= 4 is 34.7 Å². The Hall–Kier alpha value is -5.15. The van der Waals surface area contributed by atoms with Crippen molar-refractivity contribution in [1.29, 1.82) is 0 Å². The van der Waals surface area contributed by atoms with Gasteiger partial charge in [-0.25, -0.2) is 4.79 Å². The van der Waals surface area contributed by atoms with E-state index in [-0.39, 0.29) is 0 Å². The number of nitrogens with zero attached hydrogens (tertiary/aromatic N) is 1. The molecular formula is C39H35NO2. The predicted molar refractivity (Wildman–Crippen MR) is 175 cm³/mol. The second-order valence-corrected chi connectivity index (χ2v) is 10.3. The maximum atomic E-state index is 11.4. The molecule has 3 heteroatoms. The van der Waals surface area contributed by atoms with Crippen LogP contribution in [0, 0.1) is 13.8 Å². The monoisotopic (exact) mass is 549 g/mol. The van der Waals surface area contributed by atoms with E-state index in [0.717, 1.165) is 44.9 Å². The number of carbonyl (C=O) groups excluding carboxylic acids is 1. The number of rotatable bonds is 10. The van der Waals surface area contributed by atoms with E-state index in [2.05, 4.69) is 153 Å². The van der Waals surface area contributed by atoms with Crippen LogP contribution in [0.15, 0.2) is 140 Å². The summed E-state index contributed by atoms with van der Waals surface area (Å²) in [6.45, 7) is 8.00. The quantitative estimate of drug-likeness (QED) is 0.0987. The molecule has 0 fully saturated rings. The van der Waals surface area contributed by atoms with Gasteiger partial charge in [-0.15, -0.1) is 0 Å². The van der Waals surface area contributed by atoms with Crippen LogP contribution in [0.5, 0.6) is 0 Å². The minimum absolute atomic E-state index is 0.333. The highest BCUT2D eigenvalue weighted by Crippen LogP contribution is 2.35. The summed E-state index contributed by atoms with van der Waals surface area (Å²) in [5.74, 6) is -0.396. The molecule has 0 aliphatic carbocycles. The van der Waals surface area contributed by atoms with E-state index < -0.39 is 5.97 Å². The van der Waals surface area contributed by atoms with Gasteiger partial charge < -0.3 is 9.64 Å². The number of hydrogen-bond donors (Lipinski definition) is 0. The molecule has 0 radical (unpaired) electrons. The normalized spacial score (nSPS) is 11.1. The Balaban J connectivity index is 1.45. The summed E-state index contributed by atoms with van der Waals surface area (Å²) in [5.41, 5.74) is 11.5. The first-order chi connectivity index (χ1) is 20.5. The minimum Gasteiger partial charge on any atom is -0.462 e. The van der Waals surface area contributed by atoms with E-state index >= 15 is 0 Å². The average Bonchev–Trinajstić information content (AvgIpc) is 3.03. The molecule has 0 amide bonds. The fourth-order valence-electron chi connectivity index (χ4n) is 4.85. The number of aryl methyl sites for hydroxylation is 2. The third-order valence-corrected chi connectivity index (χ3v) is 7.20. The van der Waals surface area contributed by atoms with Crippen LogP contribution in [0.4, 0.5) is 17.1 Å². The fourth-order valence-corrected chi connectivity index (χ4v) is 4.85. The smallest absolute Gasteiger partial charge is 0.330 e. The largest absolute Gasteiger partial charge is 0.462 e. The SMILES string of the molecule is C=CC(=O)OCCc1ccc(C(=Cc2ccc(N(c3ccc(C)cc3)c3ccc(C)cc3)cc2)c2ccccc2)cc1. The number of ether oxygens (including phenoxy) is 1. The van der Waals surface area contributed by atoms with Gasteiger partial charge in [0, 0.05) is 29.6 Å². The van der Waals surface area contributed by atoms with Gasteiger partial charge in [-0.05, 0) is 84.1 Å². The zero-order valence-electron chi connectivity index (χ0n) is 24.2. The van der Waals surface area contributed by atoms with Gasteiger partial charge in [-0.1, -0.05) is 109 Å². The number of esters is 1. The molecule has 0 heterocycles. The number of hydrogen-bond acceptors (Lipinski definition) is 3. The van der Waals surface area contributed by atoms with Gasteiger partial charge in [-0.2, -0.15) is 0 Å². The highest BCUT2D eigenvalue weighted by atomic mass is 16.5. The van der Waals surface area contributed by atoms with Gasteiger partial charge in [0.2, 0.25) is 0 Å². The topological polar surface area (TPSA) is 29.5 Å². The predicted octanol–water partition coefficient (Wildman–Crippen LogP) is 9.63. The second kappa shape index (κ2) is 13.5. The first-order valence-electron chi connectivity index (χ1n) is 14.2. The Labute approximate surface area is 249 Å². The lowest BCUT2D eigenvalue weighted by Crippen LogP contribution is -2.09. The highest BCUT2D eigenvalue weighted by molar-refractivity contribution is 5.92. The molecule has 0 aliphatic heterocycles. The molecule has 0 atom stereocenters. The molecule has 0 spiro atoms. The van der Waals surface area contributed by atoms with E-state index in [1.165, 1.54) is 17.2 Å². The van der Waals surface area contributed by atoms with Gasteiger partial charge in [0.05, 0.1) is 6.61 Å². The lowest BCUT2D eigenvalue weighted by molar-refractivity contribution is -0.137. The van der Waals surface area contributed by atoms with Gasteiger partial charge in [0.1, 0.15) is 0 Å². The van der Waals surface area contributed by atoms with Gasteiger partial charge in [-0.3, -0.25) is 0 Å². The summed E-state index contributed by atoms with van der Waals surface area (Å²) in [6.07, 6.45) is 4.08. The van der Waals surface area contributed by atoms with Crippen LogP contribution in [-0.2, 0) is 16.0 Å². The van der Waals surface area contributed by atoms with Crippen molar-refractivity contribution in [2.75, 3.05) is 11.5 Å². The van der Waals surface area contributed by atoms with Crippen molar-refractivity contribution in [3.8, 4) is 0 Å². The molecule has 0 bridgehead atoms. The first kappa shape index (κ1) is 28.4. The van der Waals surface area contributed by atoms with Crippen molar-refractivity contribution < 1.29 is 9.53 Å². The lowest BCUT2D eigenvalue weighted by atomic mass is 9.94. The molecule has 208 valence electrons. The van der Waals surface area contributed by atoms with Crippen LogP contribution in [0.2, 0.25) is 0 Å². The van der Waals surface area contributed by atoms with Crippen molar-refractivity contribution in [3.63, 3.8) is 0 Å². The van der Waals surface area contributed by atoms with Crippen LogP contribution in [-0.4, -0.2) is 12.6 Å². The zero-order valence-corrected chi connectivity index (χ0v) is 24.2. The van der Waals surface area contributed by atoms with Crippen LogP contribution in [0.25, 0.3) is 11.6 Å². The Kier molecular flexibility index (Phi) is 9.10. The molecule has 0 aliphatic rings. The van der Waals surface area contributed by atoms with E-state index in [4.69, 9.17) is 4.74 Å². The molecule has 0 aromatic heterocycles. The Bertz CT molecular complexity index is 1600. The average molecular weight is 550 g/mol. The van der Waals surface area contributed by atoms with Crippen LogP contribution in [0.1, 0.15) is 33.4 Å². The Morgan fingerprint density at radius 2 is 1.17 bits per heavy atom. The number of anilines is 3. The summed E-state index contributed by atoms with van der Waals surface area (Å²) in [6, 6.07) is 44.9. The summed E-state index contributed by atoms with van der Waals surface area (Å²) in [4.78, 5) is 13.6. The molecule has 0 saturated carbocycles. The third kappa shape index (κ3) is 7.13. The molecular weight excluding hydrogens is 514 g/mol. The molecule has 5 aromatic rings. The lowest BCUT2D eigenvalue weighted by Gasteiger charge is -2.26. The van der Waals surface area contributed by atoms with E-state index in [1.807, 2.05) is 6.07 Å². The molecule has 3 nitrogen and oxygen atoms in total. The molecule has 42 heavy (non-hydrogen) atoms. The third-order valence-electron chi connectivity index (χ3n) is 7.20. The second-order valence-electron chi connectivity index (χ2n) is 10.3. The van der Waals surface area contributed by atoms with Crippen molar-refractivity contribution in [2.45, 2.75) is 20.3 Å². The minimum atomic E-state index is -0.396. The molecule has 0 unspecified atom stereocenters. The Morgan fingerprint density at radius 3 is 1.69 bits per heavy atom. The molecule has 5 rings (SSSR count). The van der Waals surface area contributed by atoms with Crippen molar-refractivity contribution in [3.05, 3.63) is 173 Å². The highest BCUT2D eigenvalue weighted by Gasteiger charge is 2.13. The van der Waals surface area contributed by atoms with Gasteiger partial charge in [0.15, 0.2) is 0 Å². The van der Waals surface area contributed by atoms with Crippen molar-refractivity contribution in [1.82, 2.24) is 0 Å². The van der Waals surface area contributed by atoms with Crippen LogP contribution < -0.4 is 4.90 Å². The fraction of sp³-hybridized carbons (Fsp3) is 0.103. The first-order valence-corrected chi connectivity index (χ1v) is 14.2. The van der Waals surface area contributed by atoms with E-state index in [0.29, 0.717) is 13.0 Å². The molecule has 5 aromatic carbocycles. The van der Waals surface area contributed by atoms with Crippen molar-refractivity contribution in [2.24, 2.45) is 0 Å².